The lowest BCUT2D eigenvalue weighted by Crippen LogP contribution is -2.47. The van der Waals surface area contributed by atoms with Crippen molar-refractivity contribution in [3.05, 3.63) is 64.4 Å². The van der Waals surface area contributed by atoms with Gasteiger partial charge in [0.1, 0.15) is 0 Å². The van der Waals surface area contributed by atoms with Gasteiger partial charge in [-0.25, -0.2) is 9.78 Å². The highest BCUT2D eigenvalue weighted by atomic mass is 16.2. The average molecular weight is 434 g/mol. The number of nitrogens with zero attached hydrogens (tertiary/aromatic N) is 3. The number of fused-ring (bicyclic) bond motifs is 1. The predicted molar refractivity (Wildman–Crippen MR) is 126 cm³/mol. The number of ketones is 1. The molecule has 2 aromatic carbocycles. The van der Waals surface area contributed by atoms with E-state index in [0.29, 0.717) is 36.7 Å². The summed E-state index contributed by atoms with van der Waals surface area (Å²) in [7, 11) is 0. The van der Waals surface area contributed by atoms with Gasteiger partial charge in [-0.1, -0.05) is 12.1 Å². The zero-order valence-corrected chi connectivity index (χ0v) is 18.3. The molecular formula is C24H27N5O3. The molecule has 32 heavy (non-hydrogen) atoms. The van der Waals surface area contributed by atoms with Crippen LogP contribution in [0.1, 0.15) is 37.0 Å². The molecule has 166 valence electrons. The molecule has 8 heteroatoms. The van der Waals surface area contributed by atoms with Crippen LogP contribution in [0.2, 0.25) is 0 Å². The van der Waals surface area contributed by atoms with Crippen LogP contribution >= 0.6 is 0 Å². The van der Waals surface area contributed by atoms with E-state index in [-0.39, 0.29) is 23.4 Å². The second-order valence-electron chi connectivity index (χ2n) is 7.97. The first kappa shape index (κ1) is 21.5. The summed E-state index contributed by atoms with van der Waals surface area (Å²) in [5.41, 5.74) is 2.80. The Morgan fingerprint density at radius 1 is 1.06 bits per heavy atom. The Morgan fingerprint density at radius 3 is 2.41 bits per heavy atom. The minimum Gasteiger partial charge on any atom is -0.352 e. The largest absolute Gasteiger partial charge is 0.352 e. The molecule has 8 nitrogen and oxygen atoms in total. The number of urea groups is 1. The van der Waals surface area contributed by atoms with Crippen LogP contribution in [0.5, 0.6) is 0 Å². The number of piperidine rings is 1. The molecule has 4 rings (SSSR count). The highest BCUT2D eigenvalue weighted by Crippen LogP contribution is 2.19. The molecule has 0 aliphatic carbocycles. The zero-order valence-electron chi connectivity index (χ0n) is 18.3. The molecule has 1 fully saturated rings. The summed E-state index contributed by atoms with van der Waals surface area (Å²) in [6.07, 6.45) is 1.44. The van der Waals surface area contributed by atoms with Crippen LogP contribution in [0, 0.1) is 0 Å². The molecule has 2 amide bonds. The van der Waals surface area contributed by atoms with Crippen molar-refractivity contribution in [2.75, 3.05) is 23.3 Å². The molecule has 0 bridgehead atoms. The maximum Gasteiger partial charge on any atom is 0.319 e. The van der Waals surface area contributed by atoms with Gasteiger partial charge in [-0.15, -0.1) is 0 Å². The van der Waals surface area contributed by atoms with E-state index in [0.717, 1.165) is 23.9 Å². The first-order chi connectivity index (χ1) is 15.5. The van der Waals surface area contributed by atoms with Crippen LogP contribution in [0.25, 0.3) is 11.0 Å². The zero-order chi connectivity index (χ0) is 22.7. The second kappa shape index (κ2) is 9.21. The lowest BCUT2D eigenvalue weighted by molar-refractivity contribution is 0.101. The first-order valence-corrected chi connectivity index (χ1v) is 10.9. The number of benzene rings is 2. The first-order valence-electron chi connectivity index (χ1n) is 10.9. The van der Waals surface area contributed by atoms with Crippen molar-refractivity contribution in [1.82, 2.24) is 14.9 Å². The van der Waals surface area contributed by atoms with Gasteiger partial charge < -0.3 is 20.1 Å². The lowest BCUT2D eigenvalue weighted by Gasteiger charge is -2.33. The number of rotatable bonds is 5. The number of carbonyl (C=O) groups is 2. The van der Waals surface area contributed by atoms with Crippen LogP contribution in [-0.4, -0.2) is 40.5 Å². The molecule has 0 unspecified atom stereocenters. The van der Waals surface area contributed by atoms with E-state index in [9.17, 15) is 14.4 Å². The Morgan fingerprint density at radius 2 is 1.75 bits per heavy atom. The summed E-state index contributed by atoms with van der Waals surface area (Å²) in [5, 5.41) is 5.80. The van der Waals surface area contributed by atoms with Crippen molar-refractivity contribution in [2.45, 2.75) is 39.3 Å². The van der Waals surface area contributed by atoms with E-state index in [4.69, 9.17) is 0 Å². The lowest BCUT2D eigenvalue weighted by atomic mass is 10.1. The Kier molecular flexibility index (Phi) is 6.20. The smallest absolute Gasteiger partial charge is 0.319 e. The fourth-order valence-corrected chi connectivity index (χ4v) is 4.08. The van der Waals surface area contributed by atoms with Gasteiger partial charge >= 0.3 is 6.03 Å². The molecule has 1 saturated heterocycles. The topological polar surface area (TPSA) is 96.3 Å². The number of aryl methyl sites for hydroxylation is 1. The number of aromatic nitrogens is 2. The number of para-hydroxylation sites is 2. The van der Waals surface area contributed by atoms with Gasteiger partial charge in [0.25, 0.3) is 5.56 Å². The maximum atomic E-state index is 13.0. The third-order valence-corrected chi connectivity index (χ3v) is 5.83. The third-order valence-electron chi connectivity index (χ3n) is 5.83. The van der Waals surface area contributed by atoms with Crippen molar-refractivity contribution in [2.24, 2.45) is 0 Å². The highest BCUT2D eigenvalue weighted by Gasteiger charge is 2.24. The van der Waals surface area contributed by atoms with Gasteiger partial charge in [0, 0.05) is 36.9 Å². The quantitative estimate of drug-likeness (QED) is 0.601. The van der Waals surface area contributed by atoms with Crippen LogP contribution in [0.3, 0.4) is 0 Å². The molecular weight excluding hydrogens is 406 g/mol. The van der Waals surface area contributed by atoms with Crippen molar-refractivity contribution < 1.29 is 9.59 Å². The SMILES string of the molecule is CCn1c(=O)c(N2CCC(NC(=O)Nc3ccc(C(C)=O)cc3)CC2)nc2ccccc21. The third kappa shape index (κ3) is 4.49. The molecule has 2 N–H and O–H groups in total. The Labute approximate surface area is 186 Å². The van der Waals surface area contributed by atoms with Crippen molar-refractivity contribution in [3.63, 3.8) is 0 Å². The molecule has 0 radical (unpaired) electrons. The highest BCUT2D eigenvalue weighted by molar-refractivity contribution is 5.95. The van der Waals surface area contributed by atoms with Crippen LogP contribution in [0.4, 0.5) is 16.3 Å². The van der Waals surface area contributed by atoms with Crippen molar-refractivity contribution in [1.29, 1.82) is 0 Å². The number of nitrogens with one attached hydrogen (secondary N) is 2. The average Bonchev–Trinajstić information content (AvgIpc) is 2.79. The van der Waals surface area contributed by atoms with E-state index >= 15 is 0 Å². The summed E-state index contributed by atoms with van der Waals surface area (Å²) in [6, 6.07) is 14.2. The van der Waals surface area contributed by atoms with Gasteiger partial charge in [0.05, 0.1) is 11.0 Å². The van der Waals surface area contributed by atoms with E-state index in [1.165, 1.54) is 6.92 Å². The standard InChI is InChI=1S/C24H27N5O3/c1-3-29-21-7-5-4-6-20(21)27-22(23(29)31)28-14-12-19(13-15-28)26-24(32)25-18-10-8-17(9-11-18)16(2)30/h4-11,19H,3,12-15H2,1-2H3,(H2,25,26,32). The predicted octanol–water partition coefficient (Wildman–Crippen LogP) is 3.41. The maximum absolute atomic E-state index is 13.0. The van der Waals surface area contributed by atoms with Crippen LogP contribution in [-0.2, 0) is 6.54 Å². The molecule has 2 heterocycles. The molecule has 0 saturated carbocycles. The van der Waals surface area contributed by atoms with Gasteiger partial charge in [0.2, 0.25) is 0 Å². The van der Waals surface area contributed by atoms with Crippen LogP contribution in [0.15, 0.2) is 53.3 Å². The number of hydrogen-bond acceptors (Lipinski definition) is 5. The Hall–Kier alpha value is -3.68. The normalized spacial score (nSPS) is 14.4. The fraction of sp³-hybridized carbons (Fsp3) is 0.333. The van der Waals surface area contributed by atoms with E-state index in [1.54, 1.807) is 28.8 Å². The molecule has 0 atom stereocenters. The van der Waals surface area contributed by atoms with E-state index in [1.807, 2.05) is 36.1 Å². The minimum atomic E-state index is -0.281. The molecule has 1 aliphatic rings. The molecule has 1 aromatic heterocycles. The van der Waals surface area contributed by atoms with Gasteiger partial charge in [-0.3, -0.25) is 9.59 Å². The van der Waals surface area contributed by atoms with Gasteiger partial charge in [0.15, 0.2) is 11.6 Å². The molecule has 1 aliphatic heterocycles. The Balaban J connectivity index is 1.38. The summed E-state index contributed by atoms with van der Waals surface area (Å²) < 4.78 is 1.76. The summed E-state index contributed by atoms with van der Waals surface area (Å²) in [6.45, 7) is 5.33. The van der Waals surface area contributed by atoms with Gasteiger partial charge in [-0.05, 0) is 63.1 Å². The summed E-state index contributed by atoms with van der Waals surface area (Å²) >= 11 is 0. The molecule has 0 spiro atoms. The number of hydrogen-bond donors (Lipinski definition) is 2. The van der Waals surface area contributed by atoms with Crippen LogP contribution < -0.4 is 21.1 Å². The number of amides is 2. The number of anilines is 2. The van der Waals surface area contributed by atoms with Crippen molar-refractivity contribution in [3.8, 4) is 0 Å². The summed E-state index contributed by atoms with van der Waals surface area (Å²) in [4.78, 5) is 43.4. The van der Waals surface area contributed by atoms with Gasteiger partial charge in [-0.2, -0.15) is 0 Å². The molecule has 3 aromatic rings. The van der Waals surface area contributed by atoms with Crippen molar-refractivity contribution >= 4 is 34.4 Å². The second-order valence-corrected chi connectivity index (χ2v) is 7.97. The Bertz CT molecular complexity index is 1190. The van der Waals surface area contributed by atoms with E-state index < -0.39 is 0 Å². The summed E-state index contributed by atoms with van der Waals surface area (Å²) in [5.74, 6) is 0.457. The fourth-order valence-electron chi connectivity index (χ4n) is 4.08. The number of carbonyl (C=O) groups excluding carboxylic acids is 2. The monoisotopic (exact) mass is 433 g/mol. The van der Waals surface area contributed by atoms with E-state index in [2.05, 4.69) is 15.6 Å². The number of Topliss-reactive ketones (excluding diaryl/α,β-unsaturated/α-hetero) is 1. The minimum absolute atomic E-state index is 0.0107.